The fourth-order valence-corrected chi connectivity index (χ4v) is 5.18. The topological polar surface area (TPSA) is 89.8 Å². The van der Waals surface area contributed by atoms with Gasteiger partial charge in [0, 0.05) is 16.7 Å². The van der Waals surface area contributed by atoms with Crippen molar-refractivity contribution in [2.24, 2.45) is 0 Å². The van der Waals surface area contributed by atoms with E-state index in [1.165, 1.54) is 11.3 Å². The SMILES string of the molecule is Cc1ccc(C(=O)Nc2nnc(-c3ccc(-n4c(-c5ccccc5Cl)nc5ccccc5c4=O)cc3)s2)cc1. The van der Waals surface area contributed by atoms with Crippen molar-refractivity contribution >= 4 is 44.9 Å². The highest BCUT2D eigenvalue weighted by molar-refractivity contribution is 7.18. The largest absolute Gasteiger partial charge is 0.296 e. The molecule has 0 aliphatic carbocycles. The maximum absolute atomic E-state index is 13.7. The smallest absolute Gasteiger partial charge is 0.266 e. The zero-order chi connectivity index (χ0) is 26.9. The molecule has 39 heavy (non-hydrogen) atoms. The summed E-state index contributed by atoms with van der Waals surface area (Å²) in [4.78, 5) is 31.0. The molecule has 0 aliphatic heterocycles. The molecule has 0 bridgehead atoms. The van der Waals surface area contributed by atoms with Gasteiger partial charge in [-0.1, -0.05) is 64.9 Å². The van der Waals surface area contributed by atoms with Crippen molar-refractivity contribution in [2.45, 2.75) is 6.92 Å². The first-order valence-electron chi connectivity index (χ1n) is 12.1. The molecule has 190 valence electrons. The van der Waals surface area contributed by atoms with Crippen LogP contribution in [-0.2, 0) is 0 Å². The number of aryl methyl sites for hydroxylation is 1. The van der Waals surface area contributed by atoms with Crippen LogP contribution in [0.5, 0.6) is 0 Å². The summed E-state index contributed by atoms with van der Waals surface area (Å²) in [5, 5.41) is 13.2. The molecule has 0 unspecified atom stereocenters. The summed E-state index contributed by atoms with van der Waals surface area (Å²) in [6.45, 7) is 1.97. The first-order valence-corrected chi connectivity index (χ1v) is 13.3. The highest BCUT2D eigenvalue weighted by Crippen LogP contribution is 2.30. The molecule has 0 saturated heterocycles. The molecule has 2 aromatic heterocycles. The van der Waals surface area contributed by atoms with Crippen LogP contribution in [0.15, 0.2) is 102 Å². The number of carbonyl (C=O) groups is 1. The molecule has 7 nitrogen and oxygen atoms in total. The molecular weight excluding hydrogens is 530 g/mol. The Labute approximate surface area is 232 Å². The lowest BCUT2D eigenvalue weighted by molar-refractivity contribution is 0.102. The minimum atomic E-state index is -0.247. The van der Waals surface area contributed by atoms with Crippen molar-refractivity contribution in [3.05, 3.63) is 124 Å². The Kier molecular flexibility index (Phi) is 6.48. The second-order valence-corrected chi connectivity index (χ2v) is 10.2. The van der Waals surface area contributed by atoms with E-state index in [1.807, 2.05) is 79.7 Å². The average Bonchev–Trinajstić information content (AvgIpc) is 3.42. The molecule has 9 heteroatoms. The molecular formula is C30H20ClN5O2S. The second-order valence-electron chi connectivity index (χ2n) is 8.85. The monoisotopic (exact) mass is 549 g/mol. The van der Waals surface area contributed by atoms with Crippen molar-refractivity contribution < 1.29 is 4.79 Å². The van der Waals surface area contributed by atoms with Crippen molar-refractivity contribution in [1.82, 2.24) is 19.7 Å². The van der Waals surface area contributed by atoms with Gasteiger partial charge in [0.15, 0.2) is 0 Å². The summed E-state index contributed by atoms with van der Waals surface area (Å²) in [6.07, 6.45) is 0. The fourth-order valence-electron chi connectivity index (χ4n) is 4.21. The number of para-hydroxylation sites is 1. The van der Waals surface area contributed by atoms with Gasteiger partial charge in [-0.3, -0.25) is 19.5 Å². The number of nitrogens with zero attached hydrogens (tertiary/aromatic N) is 4. The number of benzene rings is 4. The Balaban J connectivity index is 1.35. The van der Waals surface area contributed by atoms with Gasteiger partial charge < -0.3 is 0 Å². The van der Waals surface area contributed by atoms with Gasteiger partial charge in [-0.25, -0.2) is 4.98 Å². The highest BCUT2D eigenvalue weighted by Gasteiger charge is 2.17. The quantitative estimate of drug-likeness (QED) is 0.256. The van der Waals surface area contributed by atoms with Crippen LogP contribution in [0.2, 0.25) is 5.02 Å². The predicted octanol–water partition coefficient (Wildman–Crippen LogP) is 6.79. The van der Waals surface area contributed by atoms with Gasteiger partial charge in [0.1, 0.15) is 10.8 Å². The van der Waals surface area contributed by atoms with Crippen molar-refractivity contribution in [1.29, 1.82) is 0 Å². The van der Waals surface area contributed by atoms with Gasteiger partial charge in [0.2, 0.25) is 5.13 Å². The molecule has 0 fully saturated rings. The van der Waals surface area contributed by atoms with Crippen LogP contribution in [0.3, 0.4) is 0 Å². The van der Waals surface area contributed by atoms with E-state index in [4.69, 9.17) is 16.6 Å². The number of halogens is 1. The van der Waals surface area contributed by atoms with E-state index >= 15 is 0 Å². The molecule has 1 N–H and O–H groups in total. The molecule has 0 atom stereocenters. The number of carbonyl (C=O) groups excluding carboxylic acids is 1. The van der Waals surface area contributed by atoms with Gasteiger partial charge in [0.25, 0.3) is 11.5 Å². The Hall–Kier alpha value is -4.66. The number of amides is 1. The van der Waals surface area contributed by atoms with E-state index in [2.05, 4.69) is 15.5 Å². The molecule has 0 aliphatic rings. The van der Waals surface area contributed by atoms with Crippen LogP contribution < -0.4 is 10.9 Å². The number of rotatable bonds is 5. The summed E-state index contributed by atoms with van der Waals surface area (Å²) in [5.41, 5.74) is 4.12. The number of hydrogen-bond acceptors (Lipinski definition) is 6. The zero-order valence-corrected chi connectivity index (χ0v) is 22.2. The molecule has 4 aromatic carbocycles. The minimum absolute atomic E-state index is 0.194. The lowest BCUT2D eigenvalue weighted by Crippen LogP contribution is -2.22. The number of fused-ring (bicyclic) bond motifs is 1. The molecule has 0 saturated carbocycles. The zero-order valence-electron chi connectivity index (χ0n) is 20.6. The third-order valence-corrected chi connectivity index (χ3v) is 7.44. The van der Waals surface area contributed by atoms with E-state index in [-0.39, 0.29) is 11.5 Å². The van der Waals surface area contributed by atoms with Crippen LogP contribution in [0, 0.1) is 6.92 Å². The normalized spacial score (nSPS) is 11.0. The Morgan fingerprint density at radius 1 is 0.872 bits per heavy atom. The van der Waals surface area contributed by atoms with E-state index in [0.717, 1.165) is 11.1 Å². The van der Waals surface area contributed by atoms with Gasteiger partial charge in [-0.05, 0) is 67.6 Å². The van der Waals surface area contributed by atoms with Crippen molar-refractivity contribution in [2.75, 3.05) is 5.32 Å². The van der Waals surface area contributed by atoms with Crippen LogP contribution in [0.25, 0.3) is 38.5 Å². The molecule has 0 radical (unpaired) electrons. The van der Waals surface area contributed by atoms with Crippen molar-refractivity contribution in [3.8, 4) is 27.6 Å². The maximum atomic E-state index is 13.7. The van der Waals surface area contributed by atoms with Gasteiger partial charge in [-0.15, -0.1) is 10.2 Å². The van der Waals surface area contributed by atoms with Gasteiger partial charge >= 0.3 is 0 Å². The van der Waals surface area contributed by atoms with Gasteiger partial charge in [0.05, 0.1) is 21.6 Å². The average molecular weight is 550 g/mol. The van der Waals surface area contributed by atoms with Gasteiger partial charge in [-0.2, -0.15) is 0 Å². The summed E-state index contributed by atoms with van der Waals surface area (Å²) < 4.78 is 1.57. The second kappa shape index (κ2) is 10.2. The standard InChI is InChI=1S/C30H20ClN5O2S/c1-18-10-12-19(13-11-18)27(37)33-30-35-34-28(39-30)20-14-16-21(17-15-20)36-26(22-6-2-4-8-24(22)31)32-25-9-5-3-7-23(25)29(36)38/h2-17H,1H3,(H,33,35,37). The first-order chi connectivity index (χ1) is 19.0. The molecule has 1 amide bonds. The third-order valence-electron chi connectivity index (χ3n) is 6.22. The molecule has 2 heterocycles. The number of anilines is 1. The number of hydrogen-bond donors (Lipinski definition) is 1. The summed E-state index contributed by atoms with van der Waals surface area (Å²) >= 11 is 7.78. The Morgan fingerprint density at radius 3 is 2.36 bits per heavy atom. The number of nitrogens with one attached hydrogen (secondary N) is 1. The Morgan fingerprint density at radius 2 is 1.59 bits per heavy atom. The van der Waals surface area contributed by atoms with Crippen molar-refractivity contribution in [3.63, 3.8) is 0 Å². The van der Waals surface area contributed by atoms with E-state index < -0.39 is 0 Å². The van der Waals surface area contributed by atoms with Crippen LogP contribution in [0.4, 0.5) is 5.13 Å². The van der Waals surface area contributed by atoms with Crippen LogP contribution in [0.1, 0.15) is 15.9 Å². The lowest BCUT2D eigenvalue weighted by atomic mass is 10.1. The van der Waals surface area contributed by atoms with Crippen LogP contribution in [-0.4, -0.2) is 25.7 Å². The minimum Gasteiger partial charge on any atom is -0.296 e. The molecule has 0 spiro atoms. The fraction of sp³-hybridized carbons (Fsp3) is 0.0333. The Bertz CT molecular complexity index is 1900. The predicted molar refractivity (Wildman–Crippen MR) is 156 cm³/mol. The van der Waals surface area contributed by atoms with E-state index in [9.17, 15) is 9.59 Å². The third kappa shape index (κ3) is 4.83. The van der Waals surface area contributed by atoms with E-state index in [1.54, 1.807) is 28.8 Å². The maximum Gasteiger partial charge on any atom is 0.266 e. The van der Waals surface area contributed by atoms with E-state index in [0.29, 0.717) is 48.7 Å². The highest BCUT2D eigenvalue weighted by atomic mass is 35.5. The molecule has 6 aromatic rings. The summed E-state index contributed by atoms with van der Waals surface area (Å²) in [6, 6.07) is 29.3. The molecule has 6 rings (SSSR count). The lowest BCUT2D eigenvalue weighted by Gasteiger charge is -2.15. The van der Waals surface area contributed by atoms with Crippen LogP contribution >= 0.6 is 22.9 Å². The number of aromatic nitrogens is 4. The summed E-state index contributed by atoms with van der Waals surface area (Å²) in [7, 11) is 0. The summed E-state index contributed by atoms with van der Waals surface area (Å²) in [5.74, 6) is 0.206. The first kappa shape index (κ1) is 24.7.